The summed E-state index contributed by atoms with van der Waals surface area (Å²) in [5.41, 5.74) is 7.06. The molecule has 0 saturated heterocycles. The predicted molar refractivity (Wildman–Crippen MR) is 116 cm³/mol. The Morgan fingerprint density at radius 3 is 1.54 bits per heavy atom. The van der Waals surface area contributed by atoms with Crippen LogP contribution in [0.1, 0.15) is 55.7 Å². The molecule has 0 atom stereocenters. The molecule has 0 radical (unpaired) electrons. The zero-order valence-electron chi connectivity index (χ0n) is 15.9. The highest BCUT2D eigenvalue weighted by atomic mass is 32.1. The van der Waals surface area contributed by atoms with E-state index in [9.17, 15) is 0 Å². The summed E-state index contributed by atoms with van der Waals surface area (Å²) in [7, 11) is 0. The molecule has 0 aliphatic carbocycles. The fourth-order valence-electron chi connectivity index (χ4n) is 3.40. The summed E-state index contributed by atoms with van der Waals surface area (Å²) in [4.78, 5) is 0. The average Bonchev–Trinajstić information content (AvgIpc) is 3.20. The van der Waals surface area contributed by atoms with E-state index < -0.39 is 0 Å². The lowest BCUT2D eigenvalue weighted by molar-refractivity contribution is 0.717. The summed E-state index contributed by atoms with van der Waals surface area (Å²) in [5, 5.41) is 4.44. The Labute approximate surface area is 162 Å². The number of unbranched alkanes of at least 4 members (excludes halogenated alkanes) is 3. The molecule has 0 aliphatic rings. The lowest BCUT2D eigenvalue weighted by atomic mass is 9.99. The molecule has 1 heterocycles. The molecule has 2 aromatic carbocycles. The van der Waals surface area contributed by atoms with Gasteiger partial charge in [0.05, 0.1) is 0 Å². The van der Waals surface area contributed by atoms with Crippen LogP contribution in [0.3, 0.4) is 0 Å². The van der Waals surface area contributed by atoms with Crippen LogP contribution in [0.5, 0.6) is 0 Å². The van der Waals surface area contributed by atoms with Crippen molar-refractivity contribution in [1.29, 1.82) is 0 Å². The lowest BCUT2D eigenvalue weighted by Crippen LogP contribution is -1.89. The molecule has 0 nitrogen and oxygen atoms in total. The third-order valence-electron chi connectivity index (χ3n) is 5.07. The first-order chi connectivity index (χ1) is 12.8. The molecule has 136 valence electrons. The van der Waals surface area contributed by atoms with Gasteiger partial charge in [0.2, 0.25) is 0 Å². The highest BCUT2D eigenvalue weighted by Crippen LogP contribution is 2.22. The van der Waals surface area contributed by atoms with E-state index in [-0.39, 0.29) is 0 Å². The second-order valence-electron chi connectivity index (χ2n) is 7.19. The third kappa shape index (κ3) is 5.85. The van der Waals surface area contributed by atoms with Gasteiger partial charge in [-0.3, -0.25) is 0 Å². The van der Waals surface area contributed by atoms with Crippen LogP contribution in [0.4, 0.5) is 0 Å². The van der Waals surface area contributed by atoms with Crippen LogP contribution in [0.25, 0.3) is 11.1 Å². The van der Waals surface area contributed by atoms with Crippen LogP contribution in [0.2, 0.25) is 0 Å². The quantitative estimate of drug-likeness (QED) is 0.324. The van der Waals surface area contributed by atoms with Gasteiger partial charge in [-0.25, -0.2) is 0 Å². The topological polar surface area (TPSA) is 0 Å². The molecular weight excluding hydrogens is 332 g/mol. The van der Waals surface area contributed by atoms with Crippen molar-refractivity contribution in [3.05, 3.63) is 82.0 Å². The van der Waals surface area contributed by atoms with E-state index in [0.717, 1.165) is 0 Å². The number of hydrogen-bond acceptors (Lipinski definition) is 1. The molecule has 1 aromatic heterocycles. The zero-order chi connectivity index (χ0) is 18.0. The fraction of sp³-hybridized carbons (Fsp3) is 0.360. The highest BCUT2D eigenvalue weighted by molar-refractivity contribution is 7.07. The van der Waals surface area contributed by atoms with Gasteiger partial charge in [0.25, 0.3) is 0 Å². The van der Waals surface area contributed by atoms with Gasteiger partial charge in [-0.1, -0.05) is 68.3 Å². The predicted octanol–water partition coefficient (Wildman–Crippen LogP) is 7.71. The Bertz CT molecular complexity index is 736. The van der Waals surface area contributed by atoms with Crippen molar-refractivity contribution in [3.8, 4) is 11.1 Å². The Balaban J connectivity index is 1.47. The summed E-state index contributed by atoms with van der Waals surface area (Å²) in [6.07, 6.45) is 10.1. The van der Waals surface area contributed by atoms with Crippen molar-refractivity contribution in [1.82, 2.24) is 0 Å². The van der Waals surface area contributed by atoms with Gasteiger partial charge in [-0.05, 0) is 83.2 Å². The second kappa shape index (κ2) is 10.3. The molecule has 0 N–H and O–H groups in total. The molecule has 0 unspecified atom stereocenters. The minimum atomic E-state index is 1.18. The zero-order valence-corrected chi connectivity index (χ0v) is 16.7. The molecule has 0 bridgehead atoms. The number of rotatable bonds is 10. The van der Waals surface area contributed by atoms with Gasteiger partial charge in [-0.2, -0.15) is 11.3 Å². The maximum atomic E-state index is 2.30. The van der Waals surface area contributed by atoms with Crippen LogP contribution in [0, 0.1) is 0 Å². The Morgan fingerprint density at radius 2 is 1.08 bits per heavy atom. The minimum Gasteiger partial charge on any atom is -0.152 e. The number of hydrogen-bond donors (Lipinski definition) is 0. The fourth-order valence-corrected chi connectivity index (χ4v) is 4.10. The molecule has 0 aliphatic heterocycles. The summed E-state index contributed by atoms with van der Waals surface area (Å²) < 4.78 is 0. The maximum absolute atomic E-state index is 2.30. The summed E-state index contributed by atoms with van der Waals surface area (Å²) in [5.74, 6) is 0. The van der Waals surface area contributed by atoms with Crippen molar-refractivity contribution in [2.24, 2.45) is 0 Å². The maximum Gasteiger partial charge on any atom is -0.00613 e. The van der Waals surface area contributed by atoms with Crippen LogP contribution in [-0.2, 0) is 19.3 Å². The lowest BCUT2D eigenvalue weighted by Gasteiger charge is -2.07. The molecular formula is C25H30S. The van der Waals surface area contributed by atoms with Crippen LogP contribution >= 0.6 is 11.3 Å². The normalized spacial score (nSPS) is 11.0. The molecule has 0 fully saturated rings. The standard InChI is InChI=1S/C25H30S/c1-2-3-4-7-21-10-14-24(15-11-21)25-16-12-22(13-17-25)8-5-6-9-23-18-19-26-20-23/h10-20H,2-9H2,1H3. The van der Waals surface area contributed by atoms with Crippen LogP contribution < -0.4 is 0 Å². The first kappa shape index (κ1) is 18.9. The van der Waals surface area contributed by atoms with E-state index in [4.69, 9.17) is 0 Å². The van der Waals surface area contributed by atoms with Crippen molar-refractivity contribution in [3.63, 3.8) is 0 Å². The van der Waals surface area contributed by atoms with Gasteiger partial charge in [0.15, 0.2) is 0 Å². The van der Waals surface area contributed by atoms with Crippen molar-refractivity contribution < 1.29 is 0 Å². The molecule has 3 aromatic rings. The highest BCUT2D eigenvalue weighted by Gasteiger charge is 2.00. The van der Waals surface area contributed by atoms with Crippen molar-refractivity contribution in [2.75, 3.05) is 0 Å². The third-order valence-corrected chi connectivity index (χ3v) is 5.80. The summed E-state index contributed by atoms with van der Waals surface area (Å²) in [6, 6.07) is 20.5. The van der Waals surface area contributed by atoms with E-state index in [1.807, 2.05) is 0 Å². The Morgan fingerprint density at radius 1 is 0.577 bits per heavy atom. The van der Waals surface area contributed by atoms with Gasteiger partial charge >= 0.3 is 0 Å². The Hall–Kier alpha value is -1.86. The summed E-state index contributed by atoms with van der Waals surface area (Å²) in [6.45, 7) is 2.26. The largest absolute Gasteiger partial charge is 0.152 e. The van der Waals surface area contributed by atoms with Gasteiger partial charge in [0, 0.05) is 0 Å². The molecule has 0 spiro atoms. The summed E-state index contributed by atoms with van der Waals surface area (Å²) >= 11 is 1.80. The smallest absolute Gasteiger partial charge is 0.00613 e. The first-order valence-electron chi connectivity index (χ1n) is 10.0. The molecule has 1 heteroatoms. The van der Waals surface area contributed by atoms with Crippen LogP contribution in [0.15, 0.2) is 65.4 Å². The SMILES string of the molecule is CCCCCc1ccc(-c2ccc(CCCCc3ccsc3)cc2)cc1. The molecule has 0 amide bonds. The Kier molecular flexibility index (Phi) is 7.51. The van der Waals surface area contributed by atoms with E-state index in [1.165, 1.54) is 79.2 Å². The average molecular weight is 363 g/mol. The minimum absolute atomic E-state index is 1.18. The van der Waals surface area contributed by atoms with E-state index in [1.54, 1.807) is 11.3 Å². The van der Waals surface area contributed by atoms with Gasteiger partial charge < -0.3 is 0 Å². The molecule has 3 rings (SSSR count). The van der Waals surface area contributed by atoms with Crippen molar-refractivity contribution in [2.45, 2.75) is 58.3 Å². The van der Waals surface area contributed by atoms with E-state index in [0.29, 0.717) is 0 Å². The van der Waals surface area contributed by atoms with Gasteiger partial charge in [-0.15, -0.1) is 0 Å². The second-order valence-corrected chi connectivity index (χ2v) is 7.97. The molecule has 26 heavy (non-hydrogen) atoms. The number of benzene rings is 2. The first-order valence-corrected chi connectivity index (χ1v) is 11.0. The van der Waals surface area contributed by atoms with Gasteiger partial charge in [0.1, 0.15) is 0 Å². The monoisotopic (exact) mass is 362 g/mol. The molecule has 0 saturated carbocycles. The number of aryl methyl sites for hydroxylation is 3. The number of thiophene rings is 1. The van der Waals surface area contributed by atoms with Crippen LogP contribution in [-0.4, -0.2) is 0 Å². The van der Waals surface area contributed by atoms with E-state index in [2.05, 4.69) is 72.3 Å². The van der Waals surface area contributed by atoms with E-state index >= 15 is 0 Å². The van der Waals surface area contributed by atoms with Crippen molar-refractivity contribution >= 4 is 11.3 Å².